The van der Waals surface area contributed by atoms with Crippen molar-refractivity contribution in [2.24, 2.45) is 0 Å². The van der Waals surface area contributed by atoms with Crippen molar-refractivity contribution in [3.05, 3.63) is 252 Å². The summed E-state index contributed by atoms with van der Waals surface area (Å²) in [5.41, 5.74) is 9.08. The van der Waals surface area contributed by atoms with E-state index in [0.717, 1.165) is 28.8 Å². The Kier molecular flexibility index (Phi) is 35.2. The summed E-state index contributed by atoms with van der Waals surface area (Å²) in [6.45, 7) is 36.9. The highest BCUT2D eigenvalue weighted by Gasteiger charge is 1.90. The molecule has 11 rings (SSSR count). The van der Waals surface area contributed by atoms with E-state index in [2.05, 4.69) is 150 Å². The Morgan fingerprint density at radius 2 is 0.890 bits per heavy atom. The largest absolute Gasteiger partial charge is 0.472 e. The quantitative estimate of drug-likeness (QED) is 0.151. The predicted molar refractivity (Wildman–Crippen MR) is 325 cm³/mol. The molecule has 5 nitrogen and oxygen atoms in total. The van der Waals surface area contributed by atoms with Crippen molar-refractivity contribution in [3.8, 4) is 0 Å². The molecule has 0 saturated carbocycles. The van der Waals surface area contributed by atoms with Gasteiger partial charge in [-0.05, 0) is 281 Å². The minimum absolute atomic E-state index is 0.968. The Hall–Kier alpha value is -5.40. The second-order valence-corrected chi connectivity index (χ2v) is 23.7. The summed E-state index contributed by atoms with van der Waals surface area (Å²) in [4.78, 5) is 8.42. The van der Waals surface area contributed by atoms with Crippen LogP contribution >= 0.6 is 68.0 Å². The molecule has 0 aromatic carbocycles. The molecule has 0 aliphatic heterocycles. The molecule has 0 fully saturated rings. The lowest BCUT2D eigenvalue weighted by Crippen LogP contribution is -1.61. The first kappa shape index (κ1) is 65.6. The summed E-state index contributed by atoms with van der Waals surface area (Å²) >= 11 is 10.8. The van der Waals surface area contributed by atoms with Crippen LogP contribution in [0.2, 0.25) is 0 Å². The van der Waals surface area contributed by atoms with Crippen molar-refractivity contribution in [2.45, 2.75) is 125 Å². The van der Waals surface area contributed by atoms with Crippen LogP contribution in [0.3, 0.4) is 0 Å². The first-order valence-corrected chi connectivity index (χ1v) is 29.0. The summed E-state index contributed by atoms with van der Waals surface area (Å²) in [5, 5.41) is 12.7. The van der Waals surface area contributed by atoms with Crippen LogP contribution in [0.15, 0.2) is 177 Å². The van der Waals surface area contributed by atoms with Crippen molar-refractivity contribution in [3.63, 3.8) is 0 Å². The van der Waals surface area contributed by atoms with Crippen LogP contribution in [-0.2, 0) is 0 Å². The summed E-state index contributed by atoms with van der Waals surface area (Å²) < 4.78 is 24.6. The van der Waals surface area contributed by atoms with Crippen molar-refractivity contribution in [2.75, 3.05) is 0 Å². The maximum atomic E-state index is 5.08. The molecular formula is C62H80O5S6. The third kappa shape index (κ3) is 37.1. The average molecular weight is 1100 g/mol. The molecule has 0 N–H and O–H groups in total. The second kappa shape index (κ2) is 39.1. The van der Waals surface area contributed by atoms with Gasteiger partial charge in [-0.15, -0.1) is 56.7 Å². The smallest absolute Gasteiger partial charge is 0.101 e. The van der Waals surface area contributed by atoms with E-state index in [-0.39, 0.29) is 0 Å². The molecule has 11 heterocycles. The molecule has 0 saturated heterocycles. The number of hydrogen-bond acceptors (Lipinski definition) is 11. The van der Waals surface area contributed by atoms with Gasteiger partial charge in [0.1, 0.15) is 28.8 Å². The van der Waals surface area contributed by atoms with Crippen LogP contribution in [0, 0.1) is 125 Å². The number of furan rings is 5. The molecule has 0 unspecified atom stereocenters. The van der Waals surface area contributed by atoms with Crippen molar-refractivity contribution in [1.82, 2.24) is 0 Å². The first-order chi connectivity index (χ1) is 34.6. The molecule has 0 aliphatic carbocycles. The van der Waals surface area contributed by atoms with Crippen molar-refractivity contribution >= 4 is 68.0 Å². The summed E-state index contributed by atoms with van der Waals surface area (Å²) in [5.74, 6) is 4.90. The van der Waals surface area contributed by atoms with Gasteiger partial charge in [0.15, 0.2) is 0 Å². The Morgan fingerprint density at radius 1 is 0.329 bits per heavy atom. The normalized spacial score (nSPS) is 9.23. The maximum Gasteiger partial charge on any atom is 0.101 e. The Balaban J connectivity index is 0.000000402. The zero-order valence-electron chi connectivity index (χ0n) is 46.5. The summed E-state index contributed by atoms with van der Waals surface area (Å²) in [6.07, 6.45) is 8.52. The van der Waals surface area contributed by atoms with E-state index in [1.165, 1.54) is 68.2 Å². The van der Waals surface area contributed by atoms with Gasteiger partial charge in [0.25, 0.3) is 0 Å². The second-order valence-electron chi connectivity index (χ2n) is 17.0. The fourth-order valence-electron chi connectivity index (χ4n) is 5.25. The molecule has 394 valence electrons. The number of rotatable bonds is 0. The van der Waals surface area contributed by atoms with Gasteiger partial charge in [-0.3, -0.25) is 0 Å². The van der Waals surface area contributed by atoms with E-state index < -0.39 is 0 Å². The minimum Gasteiger partial charge on any atom is -0.472 e. The SMILES string of the molecule is Cc1ccc(C)o1.Cc1ccc(C)s1.Cc1ccco1.Cc1cccs1.Cc1ccoc1.Cc1ccsc1.Cc1ccsc1C.Cc1coc(C)c1.Cc1coc(C)c1.Cc1csc(C)c1.Cc1csc(C)c1. The number of thiophene rings is 6. The lowest BCUT2D eigenvalue weighted by molar-refractivity contribution is 0.504. The van der Waals surface area contributed by atoms with Crippen LogP contribution in [0.5, 0.6) is 0 Å². The lowest BCUT2D eigenvalue weighted by Gasteiger charge is -1.79. The Bertz CT molecular complexity index is 2340. The van der Waals surface area contributed by atoms with Gasteiger partial charge in [-0.25, -0.2) is 0 Å². The fourth-order valence-corrected chi connectivity index (χ4v) is 9.34. The third-order valence-electron chi connectivity index (χ3n) is 8.97. The highest BCUT2D eigenvalue weighted by atomic mass is 32.1. The maximum absolute atomic E-state index is 5.08. The molecular weight excluding hydrogens is 1020 g/mol. The van der Waals surface area contributed by atoms with E-state index in [1.54, 1.807) is 88.0 Å². The number of hydrogen-bond donors (Lipinski definition) is 0. The molecule has 11 aromatic rings. The Morgan fingerprint density at radius 3 is 1.01 bits per heavy atom. The van der Waals surface area contributed by atoms with Crippen LogP contribution in [0.25, 0.3) is 0 Å². The molecule has 0 amide bonds. The van der Waals surface area contributed by atoms with E-state index in [1.807, 2.05) is 109 Å². The zero-order chi connectivity index (χ0) is 54.6. The van der Waals surface area contributed by atoms with E-state index in [4.69, 9.17) is 22.1 Å². The third-order valence-corrected chi connectivity index (χ3v) is 14.4. The monoisotopic (exact) mass is 1100 g/mol. The topological polar surface area (TPSA) is 65.7 Å². The molecule has 0 radical (unpaired) electrons. The van der Waals surface area contributed by atoms with Crippen LogP contribution in [-0.4, -0.2) is 0 Å². The number of aryl methyl sites for hydroxylation is 18. The molecule has 11 aromatic heterocycles. The van der Waals surface area contributed by atoms with Gasteiger partial charge in [0.05, 0.1) is 31.3 Å². The Labute approximate surface area is 462 Å². The molecule has 11 heteroatoms. The summed E-state index contributed by atoms with van der Waals surface area (Å²) in [7, 11) is 0. The van der Waals surface area contributed by atoms with Gasteiger partial charge < -0.3 is 22.1 Å². The zero-order valence-corrected chi connectivity index (χ0v) is 51.4. The van der Waals surface area contributed by atoms with Crippen molar-refractivity contribution < 1.29 is 22.1 Å². The minimum atomic E-state index is 0.968. The standard InChI is InChI=1S/3C6H8O.4C6H8S.2C5H6O.2C5H6S/c2*1-5-3-6(2)7-4-5;1-5-3-4-6(2)7-5;2*1-5-3-6(2)7-4-5;1-5-3-4-7-6(5)2;1-5-3-4-6(2)7-5;1-5-2-3-6-4-5;1-5-3-2-4-6-5;1-5-2-3-6-4-5;1-5-3-2-4-6-5/h7*3-4H,1-2H3;4*2-4H,1H3. The van der Waals surface area contributed by atoms with Crippen LogP contribution in [0.4, 0.5) is 0 Å². The van der Waals surface area contributed by atoms with E-state index in [0.29, 0.717) is 0 Å². The highest BCUT2D eigenvalue weighted by molar-refractivity contribution is 7.12. The molecule has 73 heavy (non-hydrogen) atoms. The molecule has 0 bridgehead atoms. The first-order valence-electron chi connectivity index (χ1n) is 23.7. The van der Waals surface area contributed by atoms with Gasteiger partial charge in [0, 0.05) is 29.3 Å². The summed E-state index contributed by atoms with van der Waals surface area (Å²) in [6, 6.07) is 30.7. The van der Waals surface area contributed by atoms with Gasteiger partial charge >= 0.3 is 0 Å². The molecule has 0 aliphatic rings. The molecule has 0 atom stereocenters. The fraction of sp³-hybridized carbons (Fsp3) is 0.290. The predicted octanol–water partition coefficient (Wildman–Crippen LogP) is 22.4. The van der Waals surface area contributed by atoms with Gasteiger partial charge in [0.2, 0.25) is 0 Å². The van der Waals surface area contributed by atoms with Gasteiger partial charge in [-0.1, -0.05) is 6.07 Å². The van der Waals surface area contributed by atoms with E-state index >= 15 is 0 Å². The van der Waals surface area contributed by atoms with E-state index in [9.17, 15) is 0 Å². The highest BCUT2D eigenvalue weighted by Crippen LogP contribution is 2.14. The van der Waals surface area contributed by atoms with Crippen LogP contribution in [0.1, 0.15) is 97.0 Å². The van der Waals surface area contributed by atoms with Crippen molar-refractivity contribution in [1.29, 1.82) is 0 Å². The molecule has 0 spiro atoms. The average Bonchev–Trinajstić information content (AvgIpc) is 4.15. The lowest BCUT2D eigenvalue weighted by atomic mass is 10.3. The van der Waals surface area contributed by atoms with Gasteiger partial charge in [-0.2, -0.15) is 11.3 Å². The van der Waals surface area contributed by atoms with Crippen LogP contribution < -0.4 is 0 Å².